The maximum absolute atomic E-state index is 12.5. The minimum absolute atomic E-state index is 0.141. The number of thiophene rings is 1. The van der Waals surface area contributed by atoms with Gasteiger partial charge in [-0.3, -0.25) is 4.79 Å². The second-order valence-corrected chi connectivity index (χ2v) is 3.15. The summed E-state index contributed by atoms with van der Waals surface area (Å²) in [5, 5.41) is 1.54. The monoisotopic (exact) mass is 208 g/mol. The van der Waals surface area contributed by atoms with Gasteiger partial charge in [-0.2, -0.15) is 0 Å². The molecular weight excluding hydrogens is 207 g/mol. The summed E-state index contributed by atoms with van der Waals surface area (Å²) in [5.74, 6) is -0.463. The van der Waals surface area contributed by atoms with Crippen molar-refractivity contribution in [3.05, 3.63) is 20.5 Å². The lowest BCUT2D eigenvalue weighted by atomic mass is 10.5. The molecule has 1 aromatic heterocycles. The highest BCUT2D eigenvalue weighted by atomic mass is 79.9. The summed E-state index contributed by atoms with van der Waals surface area (Å²) in [7, 11) is 0. The van der Waals surface area contributed by atoms with Crippen molar-refractivity contribution in [1.29, 1.82) is 0 Å². The molecule has 9 heavy (non-hydrogen) atoms. The first kappa shape index (κ1) is 6.89. The number of hydrogen-bond acceptors (Lipinski definition) is 2. The average Bonchev–Trinajstić information content (AvgIpc) is 2.15. The van der Waals surface area contributed by atoms with Crippen molar-refractivity contribution in [3.8, 4) is 0 Å². The van der Waals surface area contributed by atoms with Gasteiger partial charge in [-0.15, -0.1) is 11.3 Å². The van der Waals surface area contributed by atoms with Gasteiger partial charge in [0.2, 0.25) is 0 Å². The number of rotatable bonds is 1. The lowest BCUT2D eigenvalue weighted by Crippen LogP contribution is -1.75. The summed E-state index contributed by atoms with van der Waals surface area (Å²) < 4.78 is 12.9. The number of carbonyl (C=O) groups is 1. The van der Waals surface area contributed by atoms with Gasteiger partial charge in [0, 0.05) is 5.38 Å². The first-order valence-corrected chi connectivity index (χ1v) is 3.80. The van der Waals surface area contributed by atoms with Crippen molar-refractivity contribution in [2.75, 3.05) is 0 Å². The third kappa shape index (κ3) is 1.19. The smallest absolute Gasteiger partial charge is 0.163 e. The number of carbonyl (C=O) groups excluding carboxylic acids is 1. The van der Waals surface area contributed by atoms with Crippen LogP contribution in [0.25, 0.3) is 0 Å². The predicted octanol–water partition coefficient (Wildman–Crippen LogP) is 2.46. The van der Waals surface area contributed by atoms with Crippen molar-refractivity contribution in [3.63, 3.8) is 0 Å². The molecule has 48 valence electrons. The van der Waals surface area contributed by atoms with Crippen molar-refractivity contribution in [2.24, 2.45) is 0 Å². The molecule has 1 heterocycles. The number of aldehydes is 1. The third-order valence-electron chi connectivity index (χ3n) is 0.822. The van der Waals surface area contributed by atoms with Crippen molar-refractivity contribution in [1.82, 2.24) is 0 Å². The zero-order valence-electron chi connectivity index (χ0n) is 4.23. The highest BCUT2D eigenvalue weighted by molar-refractivity contribution is 9.10. The van der Waals surface area contributed by atoms with E-state index in [1.165, 1.54) is 0 Å². The van der Waals surface area contributed by atoms with Crippen LogP contribution in [0.5, 0.6) is 0 Å². The SMILES string of the molecule is O=Cc1scc(Br)c1F. The van der Waals surface area contributed by atoms with Gasteiger partial charge < -0.3 is 0 Å². The van der Waals surface area contributed by atoms with Crippen LogP contribution in [-0.4, -0.2) is 6.29 Å². The van der Waals surface area contributed by atoms with Crippen LogP contribution in [0.1, 0.15) is 9.67 Å². The summed E-state index contributed by atoms with van der Waals surface area (Å²) in [4.78, 5) is 10.1. The van der Waals surface area contributed by atoms with E-state index in [-0.39, 0.29) is 4.88 Å². The van der Waals surface area contributed by atoms with E-state index >= 15 is 0 Å². The van der Waals surface area contributed by atoms with Crippen LogP contribution < -0.4 is 0 Å². The standard InChI is InChI=1S/C5H2BrFOS/c6-3-2-9-4(1-8)5(3)7/h1-2H. The molecule has 1 rings (SSSR count). The summed E-state index contributed by atoms with van der Waals surface area (Å²) >= 11 is 4.02. The van der Waals surface area contributed by atoms with Gasteiger partial charge in [0.1, 0.15) is 4.88 Å². The maximum Gasteiger partial charge on any atom is 0.163 e. The van der Waals surface area contributed by atoms with Gasteiger partial charge in [0.15, 0.2) is 12.1 Å². The molecule has 0 aliphatic carbocycles. The summed E-state index contributed by atoms with van der Waals surface area (Å²) in [6, 6.07) is 0. The molecule has 1 aromatic rings. The molecule has 0 saturated carbocycles. The Balaban J connectivity index is 3.18. The molecule has 0 aliphatic heterocycles. The Morgan fingerprint density at radius 1 is 1.78 bits per heavy atom. The van der Waals surface area contributed by atoms with Crippen molar-refractivity contribution >= 4 is 33.6 Å². The molecule has 0 spiro atoms. The molecule has 0 aliphatic rings. The summed E-state index contributed by atoms with van der Waals surface area (Å²) in [6.45, 7) is 0. The van der Waals surface area contributed by atoms with E-state index in [0.29, 0.717) is 10.8 Å². The minimum atomic E-state index is -0.463. The van der Waals surface area contributed by atoms with E-state index in [0.717, 1.165) is 11.3 Å². The molecule has 1 nitrogen and oxygen atoms in total. The highest BCUT2D eigenvalue weighted by Crippen LogP contribution is 2.23. The molecule has 0 unspecified atom stereocenters. The Morgan fingerprint density at radius 3 is 2.67 bits per heavy atom. The van der Waals surface area contributed by atoms with Crippen molar-refractivity contribution in [2.45, 2.75) is 0 Å². The van der Waals surface area contributed by atoms with E-state index in [4.69, 9.17) is 0 Å². The molecule has 0 fully saturated rings. The van der Waals surface area contributed by atoms with Crippen LogP contribution in [0.4, 0.5) is 4.39 Å². The quantitative estimate of drug-likeness (QED) is 0.649. The summed E-state index contributed by atoms with van der Waals surface area (Å²) in [5.41, 5.74) is 0. The van der Waals surface area contributed by atoms with E-state index in [9.17, 15) is 9.18 Å². The first-order chi connectivity index (χ1) is 4.25. The fourth-order valence-electron chi connectivity index (χ4n) is 0.416. The van der Waals surface area contributed by atoms with Gasteiger partial charge >= 0.3 is 0 Å². The second kappa shape index (κ2) is 2.58. The van der Waals surface area contributed by atoms with Crippen LogP contribution >= 0.6 is 27.3 Å². The second-order valence-electron chi connectivity index (χ2n) is 1.38. The summed E-state index contributed by atoms with van der Waals surface area (Å²) in [6.07, 6.45) is 0.505. The average molecular weight is 209 g/mol. The number of hydrogen-bond donors (Lipinski definition) is 0. The van der Waals surface area contributed by atoms with Gasteiger partial charge in [0.25, 0.3) is 0 Å². The van der Waals surface area contributed by atoms with Crippen molar-refractivity contribution < 1.29 is 9.18 Å². The Labute approximate surface area is 63.6 Å². The minimum Gasteiger partial charge on any atom is -0.297 e. The maximum atomic E-state index is 12.5. The fourth-order valence-corrected chi connectivity index (χ4v) is 1.64. The lowest BCUT2D eigenvalue weighted by Gasteiger charge is -1.79. The molecule has 0 N–H and O–H groups in total. The van der Waals surface area contributed by atoms with Crippen LogP contribution in [0.2, 0.25) is 0 Å². The lowest BCUT2D eigenvalue weighted by molar-refractivity contribution is 0.112. The normalized spacial score (nSPS) is 9.56. The Hall–Kier alpha value is -0.220. The fraction of sp³-hybridized carbons (Fsp3) is 0. The van der Waals surface area contributed by atoms with E-state index in [1.54, 1.807) is 5.38 Å². The van der Waals surface area contributed by atoms with Gasteiger partial charge in [-0.1, -0.05) is 0 Å². The van der Waals surface area contributed by atoms with Crippen LogP contribution in [0.3, 0.4) is 0 Å². The Kier molecular flexibility index (Phi) is 1.97. The number of halogens is 2. The highest BCUT2D eigenvalue weighted by Gasteiger charge is 2.06. The van der Waals surface area contributed by atoms with Gasteiger partial charge in [-0.05, 0) is 15.9 Å². The zero-order chi connectivity index (χ0) is 6.85. The molecule has 0 saturated heterocycles. The van der Waals surface area contributed by atoms with Crippen LogP contribution in [0.15, 0.2) is 9.85 Å². The molecule has 0 aromatic carbocycles. The largest absolute Gasteiger partial charge is 0.297 e. The Morgan fingerprint density at radius 2 is 2.44 bits per heavy atom. The third-order valence-corrected chi connectivity index (χ3v) is 2.59. The first-order valence-electron chi connectivity index (χ1n) is 2.13. The molecular formula is C5H2BrFOS. The van der Waals surface area contributed by atoms with Crippen LogP contribution in [-0.2, 0) is 0 Å². The molecule has 0 atom stereocenters. The van der Waals surface area contributed by atoms with Gasteiger partial charge in [0.05, 0.1) is 4.47 Å². The van der Waals surface area contributed by atoms with E-state index in [1.807, 2.05) is 0 Å². The van der Waals surface area contributed by atoms with Gasteiger partial charge in [-0.25, -0.2) is 4.39 Å². The molecule has 0 radical (unpaired) electrons. The van der Waals surface area contributed by atoms with Crippen LogP contribution in [0, 0.1) is 5.82 Å². The topological polar surface area (TPSA) is 17.1 Å². The molecule has 0 bridgehead atoms. The molecule has 4 heteroatoms. The van der Waals surface area contributed by atoms with E-state index < -0.39 is 5.82 Å². The Bertz CT molecular complexity index is 233. The predicted molar refractivity (Wildman–Crippen MR) is 37.4 cm³/mol. The zero-order valence-corrected chi connectivity index (χ0v) is 6.63. The van der Waals surface area contributed by atoms with E-state index in [2.05, 4.69) is 15.9 Å². The molecule has 0 amide bonds.